The zero-order valence-electron chi connectivity index (χ0n) is 6.83. The Bertz CT molecular complexity index is 82.1. The topological polar surface area (TPSA) is 138 Å². The molecule has 0 saturated carbocycles. The summed E-state index contributed by atoms with van der Waals surface area (Å²) in [4.78, 5) is 18.0. The van der Waals surface area contributed by atoms with E-state index < -0.39 is 12.1 Å². The number of hydrogen-bond donors (Lipinski definition) is 4. The van der Waals surface area contributed by atoms with E-state index in [1.807, 2.05) is 0 Å². The fourth-order valence-corrected chi connectivity index (χ4v) is 0. The van der Waals surface area contributed by atoms with E-state index in [2.05, 4.69) is 22.9 Å². The number of amides is 4. The third-order valence-corrected chi connectivity index (χ3v) is 0. The van der Waals surface area contributed by atoms with E-state index in [-0.39, 0.29) is 25.9 Å². The first-order chi connectivity index (χ1) is 3.46. The van der Waals surface area contributed by atoms with Crippen molar-refractivity contribution < 1.29 is 12.4 Å². The smallest absolute Gasteiger partial charge is 1.00 e. The first kappa shape index (κ1) is 15.7. The molecule has 0 fully saturated rings. The Kier molecular flexibility index (Phi) is 18.1. The molecule has 0 unspecified atom stereocenters. The molecule has 0 rings (SSSR count). The largest absolute Gasteiger partial charge is 2.00 e. The number of carbonyl (C=O) groups excluding carboxylic acids is 2. The summed E-state index contributed by atoms with van der Waals surface area (Å²) in [5, 5.41) is 0. The fourth-order valence-electron chi connectivity index (χ4n) is 0. The molecule has 0 aliphatic carbocycles. The molecule has 52 valence electrons. The van der Waals surface area contributed by atoms with Gasteiger partial charge in [-0.1, -0.05) is 0 Å². The Morgan fingerprint density at radius 1 is 0.889 bits per heavy atom. The molecular formula is C2H10MgN4O2. The molecule has 0 atom stereocenters. The summed E-state index contributed by atoms with van der Waals surface area (Å²) in [6, 6.07) is -1.67. The van der Waals surface area contributed by atoms with Crippen LogP contribution in [0.2, 0.25) is 0 Å². The molecule has 0 radical (unpaired) electrons. The second-order valence-electron chi connectivity index (χ2n) is 0.805. The zero-order chi connectivity index (χ0) is 7.15. The van der Waals surface area contributed by atoms with Crippen LogP contribution in [-0.4, -0.2) is 35.1 Å². The number of primary amides is 4. The van der Waals surface area contributed by atoms with E-state index in [1.165, 1.54) is 0 Å². The van der Waals surface area contributed by atoms with Gasteiger partial charge in [0.05, 0.1) is 0 Å². The summed E-state index contributed by atoms with van der Waals surface area (Å²) in [6.07, 6.45) is 0. The Balaban J connectivity index is -0.0000000171. The first-order valence-corrected chi connectivity index (χ1v) is 1.56. The van der Waals surface area contributed by atoms with Crippen molar-refractivity contribution in [1.82, 2.24) is 0 Å². The third kappa shape index (κ3) is 427. The number of nitrogens with two attached hydrogens (primary N) is 4. The number of rotatable bonds is 0. The van der Waals surface area contributed by atoms with Crippen LogP contribution in [0, 0.1) is 0 Å². The van der Waals surface area contributed by atoms with Gasteiger partial charge in [-0.3, -0.25) is 0 Å². The van der Waals surface area contributed by atoms with E-state index in [0.29, 0.717) is 0 Å². The Morgan fingerprint density at radius 3 is 0.889 bits per heavy atom. The molecule has 8 N–H and O–H groups in total. The van der Waals surface area contributed by atoms with E-state index in [9.17, 15) is 0 Å². The quantitative estimate of drug-likeness (QED) is 0.291. The summed E-state index contributed by atoms with van der Waals surface area (Å²) in [6.45, 7) is 0. The van der Waals surface area contributed by atoms with Gasteiger partial charge in [-0.25, -0.2) is 9.59 Å². The van der Waals surface area contributed by atoms with Crippen LogP contribution in [0.4, 0.5) is 9.59 Å². The minimum atomic E-state index is -0.833. The molecule has 0 aliphatic rings. The maximum absolute atomic E-state index is 9.00. The van der Waals surface area contributed by atoms with Crippen molar-refractivity contribution >= 4 is 35.1 Å². The van der Waals surface area contributed by atoms with Crippen LogP contribution in [0.5, 0.6) is 0 Å². The predicted molar refractivity (Wildman–Crippen MR) is 35.5 cm³/mol. The predicted octanol–water partition coefficient (Wildman–Crippen LogP) is -2.11. The van der Waals surface area contributed by atoms with Crippen LogP contribution in [0.25, 0.3) is 0 Å². The van der Waals surface area contributed by atoms with Crippen LogP contribution in [0.1, 0.15) is 2.85 Å². The SMILES string of the molecule is NC(N)=O.NC(N)=O.[H-].[H-].[Mg+2]. The van der Waals surface area contributed by atoms with Gasteiger partial charge in [0.15, 0.2) is 0 Å². The number of carbonyl (C=O) groups is 2. The van der Waals surface area contributed by atoms with Gasteiger partial charge in [0, 0.05) is 0 Å². The minimum Gasteiger partial charge on any atom is -1.00 e. The summed E-state index contributed by atoms with van der Waals surface area (Å²) in [7, 11) is 0. The molecule has 0 spiro atoms. The van der Waals surface area contributed by atoms with Gasteiger partial charge in [0.25, 0.3) is 0 Å². The van der Waals surface area contributed by atoms with E-state index in [0.717, 1.165) is 0 Å². The van der Waals surface area contributed by atoms with Gasteiger partial charge in [-0.2, -0.15) is 0 Å². The van der Waals surface area contributed by atoms with E-state index in [1.54, 1.807) is 0 Å². The van der Waals surface area contributed by atoms with Crippen LogP contribution < -0.4 is 22.9 Å². The average molecular weight is 146 g/mol. The Labute approximate surface area is 71.0 Å². The van der Waals surface area contributed by atoms with Gasteiger partial charge in [-0.15, -0.1) is 0 Å². The molecule has 0 aromatic carbocycles. The van der Waals surface area contributed by atoms with E-state index >= 15 is 0 Å². The van der Waals surface area contributed by atoms with Crippen LogP contribution in [-0.2, 0) is 0 Å². The Hall–Kier alpha value is -0.694. The van der Waals surface area contributed by atoms with Crippen LogP contribution in [0.3, 0.4) is 0 Å². The maximum Gasteiger partial charge on any atom is 2.00 e. The molecule has 0 bridgehead atoms. The molecule has 0 saturated heterocycles. The second kappa shape index (κ2) is 10.3. The normalized spacial score (nSPS) is 5.33. The molecule has 0 aromatic rings. The summed E-state index contributed by atoms with van der Waals surface area (Å²) >= 11 is 0. The van der Waals surface area contributed by atoms with Gasteiger partial charge in [0.1, 0.15) is 0 Å². The van der Waals surface area contributed by atoms with Crippen molar-refractivity contribution in [2.75, 3.05) is 0 Å². The number of urea groups is 2. The van der Waals surface area contributed by atoms with E-state index in [4.69, 9.17) is 9.59 Å². The van der Waals surface area contributed by atoms with Gasteiger partial charge in [-0.05, 0) is 0 Å². The third-order valence-electron chi connectivity index (χ3n) is 0. The summed E-state index contributed by atoms with van der Waals surface area (Å²) in [5.74, 6) is 0. The molecule has 0 heterocycles. The van der Waals surface area contributed by atoms with Gasteiger partial charge in [0.2, 0.25) is 0 Å². The number of hydrogen-bond acceptors (Lipinski definition) is 2. The molecule has 4 amide bonds. The molecule has 0 aromatic heterocycles. The van der Waals surface area contributed by atoms with Gasteiger partial charge >= 0.3 is 35.1 Å². The average Bonchev–Trinajstić information content (AvgIpc) is 1.25. The monoisotopic (exact) mass is 146 g/mol. The standard InChI is InChI=1S/2CH4N2O.Mg.2H/c2*2-1(3)4;;;/h2*(H4,2,3,4);;;/q;;+2;2*-1. The molecule has 9 heavy (non-hydrogen) atoms. The Morgan fingerprint density at radius 2 is 0.889 bits per heavy atom. The van der Waals surface area contributed by atoms with Crippen molar-refractivity contribution in [2.24, 2.45) is 22.9 Å². The molecule has 6 nitrogen and oxygen atoms in total. The fraction of sp³-hybridized carbons (Fsp3) is 0. The zero-order valence-corrected chi connectivity index (χ0v) is 6.25. The maximum atomic E-state index is 9.00. The van der Waals surface area contributed by atoms with Crippen molar-refractivity contribution in [1.29, 1.82) is 0 Å². The van der Waals surface area contributed by atoms with Crippen molar-refractivity contribution in [2.45, 2.75) is 0 Å². The molecule has 7 heteroatoms. The van der Waals surface area contributed by atoms with Crippen molar-refractivity contribution in [3.63, 3.8) is 0 Å². The molecular weight excluding hydrogens is 136 g/mol. The minimum absolute atomic E-state index is 0. The first-order valence-electron chi connectivity index (χ1n) is 1.56. The molecule has 0 aliphatic heterocycles. The van der Waals surface area contributed by atoms with Gasteiger partial charge < -0.3 is 25.8 Å². The summed E-state index contributed by atoms with van der Waals surface area (Å²) in [5.41, 5.74) is 17.0. The van der Waals surface area contributed by atoms with Crippen LogP contribution >= 0.6 is 0 Å². The van der Waals surface area contributed by atoms with Crippen molar-refractivity contribution in [3.05, 3.63) is 0 Å². The van der Waals surface area contributed by atoms with Crippen LogP contribution in [0.15, 0.2) is 0 Å². The van der Waals surface area contributed by atoms with Crippen molar-refractivity contribution in [3.8, 4) is 0 Å². The summed E-state index contributed by atoms with van der Waals surface area (Å²) < 4.78 is 0. The second-order valence-corrected chi connectivity index (χ2v) is 0.805.